The molecule has 126 valence electrons. The fourth-order valence-corrected chi connectivity index (χ4v) is 2.41. The Morgan fingerprint density at radius 3 is 2.67 bits per heavy atom. The predicted molar refractivity (Wildman–Crippen MR) is 88.6 cm³/mol. The fourth-order valence-electron chi connectivity index (χ4n) is 2.41. The first-order valence-corrected chi connectivity index (χ1v) is 7.76. The SMILES string of the molecule is CCCCNc1nc(N)nc2cn(Cc3c(F)cccc3F)nc12. The van der Waals surface area contributed by atoms with Gasteiger partial charge in [0.05, 0.1) is 12.7 Å². The van der Waals surface area contributed by atoms with E-state index in [1.807, 2.05) is 0 Å². The van der Waals surface area contributed by atoms with E-state index in [1.165, 1.54) is 22.9 Å². The van der Waals surface area contributed by atoms with Gasteiger partial charge in [-0.15, -0.1) is 0 Å². The van der Waals surface area contributed by atoms with Gasteiger partial charge in [0, 0.05) is 12.1 Å². The molecule has 2 aromatic heterocycles. The minimum Gasteiger partial charge on any atom is -0.368 e. The molecule has 6 nitrogen and oxygen atoms in total. The van der Waals surface area contributed by atoms with E-state index in [2.05, 4.69) is 27.3 Å². The lowest BCUT2D eigenvalue weighted by Gasteiger charge is -2.05. The maximum Gasteiger partial charge on any atom is 0.222 e. The van der Waals surface area contributed by atoms with E-state index in [-0.39, 0.29) is 18.1 Å². The van der Waals surface area contributed by atoms with Gasteiger partial charge < -0.3 is 11.1 Å². The molecule has 3 N–H and O–H groups in total. The van der Waals surface area contributed by atoms with Crippen molar-refractivity contribution in [3.8, 4) is 0 Å². The molecule has 3 aromatic rings. The van der Waals surface area contributed by atoms with Crippen molar-refractivity contribution in [2.24, 2.45) is 0 Å². The number of nitrogens with two attached hydrogens (primary N) is 1. The summed E-state index contributed by atoms with van der Waals surface area (Å²) in [4.78, 5) is 8.29. The first-order chi connectivity index (χ1) is 11.6. The average molecular weight is 332 g/mol. The molecular weight excluding hydrogens is 314 g/mol. The molecule has 0 aliphatic heterocycles. The number of hydrogen-bond acceptors (Lipinski definition) is 5. The Morgan fingerprint density at radius 1 is 1.21 bits per heavy atom. The van der Waals surface area contributed by atoms with Gasteiger partial charge in [0.2, 0.25) is 5.95 Å². The van der Waals surface area contributed by atoms with Crippen molar-refractivity contribution in [2.75, 3.05) is 17.6 Å². The maximum atomic E-state index is 13.8. The zero-order chi connectivity index (χ0) is 17.1. The minimum absolute atomic E-state index is 0.0385. The summed E-state index contributed by atoms with van der Waals surface area (Å²) in [5.74, 6) is -0.570. The van der Waals surface area contributed by atoms with Crippen LogP contribution in [0, 0.1) is 11.6 Å². The smallest absolute Gasteiger partial charge is 0.222 e. The van der Waals surface area contributed by atoms with E-state index in [0.29, 0.717) is 16.9 Å². The van der Waals surface area contributed by atoms with E-state index in [0.717, 1.165) is 19.4 Å². The van der Waals surface area contributed by atoms with Crippen molar-refractivity contribution in [3.63, 3.8) is 0 Å². The van der Waals surface area contributed by atoms with Crippen LogP contribution in [0.4, 0.5) is 20.5 Å². The summed E-state index contributed by atoms with van der Waals surface area (Å²) in [6.45, 7) is 2.78. The van der Waals surface area contributed by atoms with Gasteiger partial charge in [-0.25, -0.2) is 13.8 Å². The standard InChI is InChI=1S/C16H18F2N6/c1-2-3-7-20-15-14-13(21-16(19)22-15)9-24(23-14)8-10-11(17)5-4-6-12(10)18/h4-6,9H,2-3,7-8H2,1H3,(H3,19,20,21,22). The van der Waals surface area contributed by atoms with Crippen LogP contribution >= 0.6 is 0 Å². The van der Waals surface area contributed by atoms with Gasteiger partial charge in [-0.1, -0.05) is 19.4 Å². The normalized spacial score (nSPS) is 11.1. The molecule has 0 bridgehead atoms. The number of nitrogen functional groups attached to an aromatic ring is 1. The van der Waals surface area contributed by atoms with E-state index in [4.69, 9.17) is 5.73 Å². The third-order valence-electron chi connectivity index (χ3n) is 3.63. The summed E-state index contributed by atoms with van der Waals surface area (Å²) >= 11 is 0. The number of hydrogen-bond donors (Lipinski definition) is 2. The fraction of sp³-hybridized carbons (Fsp3) is 0.312. The molecule has 0 fully saturated rings. The quantitative estimate of drug-likeness (QED) is 0.678. The molecule has 3 rings (SSSR count). The molecule has 0 amide bonds. The topological polar surface area (TPSA) is 81.6 Å². The van der Waals surface area contributed by atoms with Crippen LogP contribution in [0.15, 0.2) is 24.4 Å². The molecule has 0 aliphatic carbocycles. The molecule has 0 saturated heterocycles. The lowest BCUT2D eigenvalue weighted by Crippen LogP contribution is -2.07. The van der Waals surface area contributed by atoms with Crippen molar-refractivity contribution in [3.05, 3.63) is 41.6 Å². The third-order valence-corrected chi connectivity index (χ3v) is 3.63. The molecule has 0 saturated carbocycles. The number of fused-ring (bicyclic) bond motifs is 1. The largest absolute Gasteiger partial charge is 0.368 e. The second-order valence-corrected chi connectivity index (χ2v) is 5.47. The summed E-state index contributed by atoms with van der Waals surface area (Å²) in [6.07, 6.45) is 3.62. The van der Waals surface area contributed by atoms with Crippen LogP contribution in [-0.2, 0) is 6.54 Å². The first-order valence-electron chi connectivity index (χ1n) is 7.76. The summed E-state index contributed by atoms with van der Waals surface area (Å²) < 4.78 is 29.0. The summed E-state index contributed by atoms with van der Waals surface area (Å²) in [7, 11) is 0. The maximum absolute atomic E-state index is 13.8. The van der Waals surface area contributed by atoms with Crippen molar-refractivity contribution in [2.45, 2.75) is 26.3 Å². The van der Waals surface area contributed by atoms with Crippen LogP contribution in [0.25, 0.3) is 11.0 Å². The summed E-state index contributed by atoms with van der Waals surface area (Å²) in [6, 6.07) is 3.77. The Kier molecular flexibility index (Phi) is 4.54. The third kappa shape index (κ3) is 3.27. The number of rotatable bonds is 6. The average Bonchev–Trinajstić information content (AvgIpc) is 2.94. The van der Waals surface area contributed by atoms with Gasteiger partial charge in [-0.2, -0.15) is 10.1 Å². The molecule has 8 heteroatoms. The molecule has 0 atom stereocenters. The number of anilines is 2. The Labute approximate surface area is 137 Å². The van der Waals surface area contributed by atoms with E-state index in [9.17, 15) is 8.78 Å². The first kappa shape index (κ1) is 16.1. The van der Waals surface area contributed by atoms with Crippen LogP contribution in [-0.4, -0.2) is 26.3 Å². The van der Waals surface area contributed by atoms with Gasteiger partial charge in [-0.3, -0.25) is 4.68 Å². The minimum atomic E-state index is -0.610. The van der Waals surface area contributed by atoms with Gasteiger partial charge in [0.15, 0.2) is 11.3 Å². The Balaban J connectivity index is 1.94. The van der Waals surface area contributed by atoms with Crippen molar-refractivity contribution >= 4 is 22.8 Å². The highest BCUT2D eigenvalue weighted by atomic mass is 19.1. The highest BCUT2D eigenvalue weighted by Gasteiger charge is 2.14. The lowest BCUT2D eigenvalue weighted by molar-refractivity contribution is 0.534. The zero-order valence-electron chi connectivity index (χ0n) is 13.3. The molecule has 0 spiro atoms. The Hall–Kier alpha value is -2.77. The number of halogens is 2. The van der Waals surface area contributed by atoms with Gasteiger partial charge in [0.1, 0.15) is 17.2 Å². The van der Waals surface area contributed by atoms with Crippen LogP contribution in [0.1, 0.15) is 25.3 Å². The van der Waals surface area contributed by atoms with E-state index < -0.39 is 11.6 Å². The lowest BCUT2D eigenvalue weighted by atomic mass is 10.2. The Morgan fingerprint density at radius 2 is 1.96 bits per heavy atom. The molecule has 1 aromatic carbocycles. The second-order valence-electron chi connectivity index (χ2n) is 5.47. The van der Waals surface area contributed by atoms with E-state index >= 15 is 0 Å². The summed E-state index contributed by atoms with van der Waals surface area (Å²) in [5, 5.41) is 7.52. The number of benzene rings is 1. The van der Waals surface area contributed by atoms with Gasteiger partial charge >= 0.3 is 0 Å². The van der Waals surface area contributed by atoms with Crippen molar-refractivity contribution in [1.29, 1.82) is 0 Å². The molecule has 0 radical (unpaired) electrons. The molecule has 2 heterocycles. The molecule has 0 aliphatic rings. The van der Waals surface area contributed by atoms with E-state index in [1.54, 1.807) is 6.20 Å². The number of nitrogens with zero attached hydrogens (tertiary/aromatic N) is 4. The van der Waals surface area contributed by atoms with Crippen molar-refractivity contribution < 1.29 is 8.78 Å². The molecular formula is C16H18F2N6. The Bertz CT molecular complexity index is 841. The zero-order valence-corrected chi connectivity index (χ0v) is 13.3. The van der Waals surface area contributed by atoms with Gasteiger partial charge in [0.25, 0.3) is 0 Å². The highest BCUT2D eigenvalue weighted by Crippen LogP contribution is 2.21. The molecule has 0 unspecified atom stereocenters. The predicted octanol–water partition coefficient (Wildman–Crippen LogP) is 2.95. The van der Waals surface area contributed by atoms with Gasteiger partial charge in [-0.05, 0) is 18.6 Å². The monoisotopic (exact) mass is 332 g/mol. The van der Waals surface area contributed by atoms with Crippen LogP contribution < -0.4 is 11.1 Å². The summed E-state index contributed by atoms with van der Waals surface area (Å²) in [5.41, 5.74) is 6.72. The number of aromatic nitrogens is 4. The molecule has 24 heavy (non-hydrogen) atoms. The second kappa shape index (κ2) is 6.77. The highest BCUT2D eigenvalue weighted by molar-refractivity contribution is 5.85. The van der Waals surface area contributed by atoms with Crippen LogP contribution in [0.3, 0.4) is 0 Å². The number of unbranched alkanes of at least 4 members (excludes halogenated alkanes) is 1. The van der Waals surface area contributed by atoms with Crippen molar-refractivity contribution in [1.82, 2.24) is 19.7 Å². The number of nitrogens with one attached hydrogen (secondary N) is 1. The van der Waals surface area contributed by atoms with Crippen LogP contribution in [0.5, 0.6) is 0 Å². The van der Waals surface area contributed by atoms with Crippen LogP contribution in [0.2, 0.25) is 0 Å².